The van der Waals surface area contributed by atoms with Gasteiger partial charge in [0.2, 0.25) is 0 Å². The first-order valence-electron chi connectivity index (χ1n) is 4.40. The van der Waals surface area contributed by atoms with Gasteiger partial charge < -0.3 is 10.8 Å². The molecule has 1 aromatic heterocycles. The average Bonchev–Trinajstić information content (AvgIpc) is 2.01. The summed E-state index contributed by atoms with van der Waals surface area (Å²) >= 11 is 0. The molecule has 0 aliphatic carbocycles. The number of carboxylic acid groups (broad SMARTS) is 1. The molecule has 0 aliphatic rings. The zero-order valence-electron chi connectivity index (χ0n) is 8.03. The third kappa shape index (κ3) is 3.38. The van der Waals surface area contributed by atoms with Gasteiger partial charge in [-0.05, 0) is 19.8 Å². The van der Waals surface area contributed by atoms with Crippen LogP contribution in [-0.4, -0.2) is 21.0 Å². The van der Waals surface area contributed by atoms with Gasteiger partial charge in [0.05, 0.1) is 0 Å². The molecule has 3 N–H and O–H groups in total. The van der Waals surface area contributed by atoms with Crippen LogP contribution >= 0.6 is 0 Å². The van der Waals surface area contributed by atoms with E-state index >= 15 is 0 Å². The second-order valence-corrected chi connectivity index (χ2v) is 3.08. The molecular formula is C9H13N3O2. The predicted octanol–water partition coefficient (Wildman–Crippen LogP) is 0.775. The molecule has 0 saturated carbocycles. The standard InChI is InChI=1S/C9H13N3O2/c1-6-11-7(5-8(10)12-6)3-2-4-9(13)14/h5H,2-4H2,1H3,(H,13,14)(H2,10,11,12). The minimum absolute atomic E-state index is 0.156. The van der Waals surface area contributed by atoms with E-state index in [1.807, 2.05) is 0 Å². The maximum Gasteiger partial charge on any atom is 0.303 e. The Hall–Kier alpha value is -1.65. The lowest BCUT2D eigenvalue weighted by molar-refractivity contribution is -0.137. The van der Waals surface area contributed by atoms with Crippen molar-refractivity contribution in [2.75, 3.05) is 5.73 Å². The number of anilines is 1. The van der Waals surface area contributed by atoms with Gasteiger partial charge in [-0.15, -0.1) is 0 Å². The van der Waals surface area contributed by atoms with E-state index in [2.05, 4.69) is 9.97 Å². The number of nitrogen functional groups attached to an aromatic ring is 1. The van der Waals surface area contributed by atoms with Crippen LogP contribution < -0.4 is 5.73 Å². The van der Waals surface area contributed by atoms with Crippen LogP contribution in [0.5, 0.6) is 0 Å². The molecule has 0 aliphatic heterocycles. The molecule has 0 spiro atoms. The van der Waals surface area contributed by atoms with Crippen LogP contribution in [0.2, 0.25) is 0 Å². The fraction of sp³-hybridized carbons (Fsp3) is 0.444. The summed E-state index contributed by atoms with van der Waals surface area (Å²) in [5.74, 6) is 0.266. The summed E-state index contributed by atoms with van der Waals surface area (Å²) in [7, 11) is 0. The van der Waals surface area contributed by atoms with Crippen LogP contribution in [0.3, 0.4) is 0 Å². The van der Waals surface area contributed by atoms with Crippen molar-refractivity contribution in [1.82, 2.24) is 9.97 Å². The van der Waals surface area contributed by atoms with Gasteiger partial charge in [0, 0.05) is 18.2 Å². The van der Waals surface area contributed by atoms with E-state index in [9.17, 15) is 4.79 Å². The fourth-order valence-electron chi connectivity index (χ4n) is 1.20. The Balaban J connectivity index is 2.54. The molecule has 1 rings (SSSR count). The van der Waals surface area contributed by atoms with E-state index in [0.717, 1.165) is 5.69 Å². The molecular weight excluding hydrogens is 182 g/mol. The first-order chi connectivity index (χ1) is 6.58. The fourth-order valence-corrected chi connectivity index (χ4v) is 1.20. The van der Waals surface area contributed by atoms with Crippen molar-refractivity contribution in [2.45, 2.75) is 26.2 Å². The Bertz CT molecular complexity index is 319. The van der Waals surface area contributed by atoms with Gasteiger partial charge in [-0.25, -0.2) is 9.97 Å². The van der Waals surface area contributed by atoms with E-state index in [4.69, 9.17) is 10.8 Å². The van der Waals surface area contributed by atoms with Crippen molar-refractivity contribution in [3.05, 3.63) is 17.6 Å². The Kier molecular flexibility index (Phi) is 3.39. The summed E-state index contributed by atoms with van der Waals surface area (Å²) in [6.07, 6.45) is 1.36. The number of nitrogens with two attached hydrogens (primary N) is 1. The molecule has 0 fully saturated rings. The maximum atomic E-state index is 10.3. The summed E-state index contributed by atoms with van der Waals surface area (Å²) in [5, 5.41) is 8.44. The monoisotopic (exact) mass is 195 g/mol. The molecule has 5 nitrogen and oxygen atoms in total. The molecule has 0 atom stereocenters. The zero-order chi connectivity index (χ0) is 10.6. The topological polar surface area (TPSA) is 89.1 Å². The Morgan fingerprint density at radius 1 is 1.57 bits per heavy atom. The smallest absolute Gasteiger partial charge is 0.303 e. The highest BCUT2D eigenvalue weighted by molar-refractivity contribution is 5.66. The Labute approximate surface area is 82.0 Å². The lowest BCUT2D eigenvalue weighted by Gasteiger charge is -2.01. The highest BCUT2D eigenvalue weighted by Gasteiger charge is 2.01. The quantitative estimate of drug-likeness (QED) is 0.740. The molecule has 1 aromatic rings. The first-order valence-corrected chi connectivity index (χ1v) is 4.40. The molecule has 0 radical (unpaired) electrons. The lowest BCUT2D eigenvalue weighted by Crippen LogP contribution is -2.01. The largest absolute Gasteiger partial charge is 0.481 e. The summed E-state index contributed by atoms with van der Waals surface area (Å²) in [6, 6.07) is 1.68. The number of nitrogens with zero attached hydrogens (tertiary/aromatic N) is 2. The normalized spacial score (nSPS) is 10.1. The maximum absolute atomic E-state index is 10.3. The van der Waals surface area contributed by atoms with Crippen LogP contribution in [0.25, 0.3) is 0 Å². The molecule has 0 aromatic carbocycles. The van der Waals surface area contributed by atoms with Gasteiger partial charge >= 0.3 is 5.97 Å². The number of carbonyl (C=O) groups is 1. The van der Waals surface area contributed by atoms with Crippen molar-refractivity contribution < 1.29 is 9.90 Å². The predicted molar refractivity (Wildman–Crippen MR) is 51.8 cm³/mol. The minimum atomic E-state index is -0.788. The summed E-state index contributed by atoms with van der Waals surface area (Å²) in [4.78, 5) is 18.3. The zero-order valence-corrected chi connectivity index (χ0v) is 8.03. The van der Waals surface area contributed by atoms with Gasteiger partial charge in [0.15, 0.2) is 0 Å². The number of hydrogen-bond acceptors (Lipinski definition) is 4. The average molecular weight is 195 g/mol. The Morgan fingerprint density at radius 2 is 2.29 bits per heavy atom. The number of aliphatic carboxylic acids is 1. The molecule has 76 valence electrons. The molecule has 0 saturated heterocycles. The van der Waals surface area contributed by atoms with Crippen LogP contribution in [0.15, 0.2) is 6.07 Å². The highest BCUT2D eigenvalue weighted by atomic mass is 16.4. The lowest BCUT2D eigenvalue weighted by atomic mass is 10.2. The number of aryl methyl sites for hydroxylation is 2. The minimum Gasteiger partial charge on any atom is -0.481 e. The van der Waals surface area contributed by atoms with Gasteiger partial charge in [-0.1, -0.05) is 0 Å². The van der Waals surface area contributed by atoms with Gasteiger partial charge in [-0.3, -0.25) is 4.79 Å². The van der Waals surface area contributed by atoms with Crippen LogP contribution in [0.4, 0.5) is 5.82 Å². The highest BCUT2D eigenvalue weighted by Crippen LogP contribution is 2.06. The number of aromatic nitrogens is 2. The molecule has 0 unspecified atom stereocenters. The van der Waals surface area contributed by atoms with Gasteiger partial charge in [-0.2, -0.15) is 0 Å². The molecule has 5 heteroatoms. The Morgan fingerprint density at radius 3 is 2.86 bits per heavy atom. The van der Waals surface area contributed by atoms with E-state index in [1.165, 1.54) is 0 Å². The molecule has 1 heterocycles. The second-order valence-electron chi connectivity index (χ2n) is 3.08. The van der Waals surface area contributed by atoms with Gasteiger partial charge in [0.1, 0.15) is 11.6 Å². The van der Waals surface area contributed by atoms with Crippen molar-refractivity contribution in [1.29, 1.82) is 0 Å². The molecule has 14 heavy (non-hydrogen) atoms. The van der Waals surface area contributed by atoms with Gasteiger partial charge in [0.25, 0.3) is 0 Å². The second kappa shape index (κ2) is 4.55. The van der Waals surface area contributed by atoms with E-state index in [-0.39, 0.29) is 6.42 Å². The van der Waals surface area contributed by atoms with E-state index < -0.39 is 5.97 Å². The summed E-state index contributed by atoms with van der Waals surface area (Å²) < 4.78 is 0. The number of rotatable bonds is 4. The summed E-state index contributed by atoms with van der Waals surface area (Å²) in [6.45, 7) is 1.76. The SMILES string of the molecule is Cc1nc(N)cc(CCCC(=O)O)n1. The molecule has 0 bridgehead atoms. The van der Waals surface area contributed by atoms with Crippen molar-refractivity contribution in [3.63, 3.8) is 0 Å². The van der Waals surface area contributed by atoms with Crippen LogP contribution in [-0.2, 0) is 11.2 Å². The third-order valence-electron chi connectivity index (χ3n) is 1.73. The van der Waals surface area contributed by atoms with Crippen molar-refractivity contribution in [3.8, 4) is 0 Å². The van der Waals surface area contributed by atoms with E-state index in [1.54, 1.807) is 13.0 Å². The number of hydrogen-bond donors (Lipinski definition) is 2. The van der Waals surface area contributed by atoms with E-state index in [0.29, 0.717) is 24.5 Å². The van der Waals surface area contributed by atoms with Crippen molar-refractivity contribution in [2.24, 2.45) is 0 Å². The first kappa shape index (κ1) is 10.4. The summed E-state index contributed by atoms with van der Waals surface area (Å²) in [5.41, 5.74) is 6.33. The molecule has 0 amide bonds. The van der Waals surface area contributed by atoms with Crippen molar-refractivity contribution >= 4 is 11.8 Å². The van der Waals surface area contributed by atoms with Crippen LogP contribution in [0, 0.1) is 6.92 Å². The van der Waals surface area contributed by atoms with Crippen LogP contribution in [0.1, 0.15) is 24.4 Å². The number of carboxylic acids is 1. The third-order valence-corrected chi connectivity index (χ3v) is 1.73.